The van der Waals surface area contributed by atoms with Crippen molar-refractivity contribution in [2.24, 2.45) is 0 Å². The van der Waals surface area contributed by atoms with Gasteiger partial charge in [-0.15, -0.1) is 0 Å². The molecule has 0 unspecified atom stereocenters. The zero-order valence-electron chi connectivity index (χ0n) is 9.19. The van der Waals surface area contributed by atoms with Crippen molar-refractivity contribution in [1.82, 2.24) is 0 Å². The highest BCUT2D eigenvalue weighted by atomic mass is 127. The van der Waals surface area contributed by atoms with Gasteiger partial charge in [0.25, 0.3) is 0 Å². The van der Waals surface area contributed by atoms with Gasteiger partial charge in [-0.2, -0.15) is 4.57 Å². The summed E-state index contributed by atoms with van der Waals surface area (Å²) in [6.45, 7) is 4.56. The van der Waals surface area contributed by atoms with Crippen LogP contribution < -0.4 is 33.3 Å². The van der Waals surface area contributed by atoms with Crippen molar-refractivity contribution in [3.8, 4) is 5.75 Å². The summed E-state index contributed by atoms with van der Waals surface area (Å²) in [5.41, 5.74) is 1.16. The third kappa shape index (κ3) is 2.52. The summed E-state index contributed by atoms with van der Waals surface area (Å²) < 4.78 is 7.36. The summed E-state index contributed by atoms with van der Waals surface area (Å²) in [4.78, 5) is 0. The molecule has 0 atom stereocenters. The molecule has 0 saturated heterocycles. The van der Waals surface area contributed by atoms with E-state index in [2.05, 4.69) is 23.3 Å². The molecule has 0 amide bonds. The number of pyridine rings is 1. The minimum absolute atomic E-state index is 0. The number of rotatable bonds is 3. The summed E-state index contributed by atoms with van der Waals surface area (Å²) in [6, 6.07) is 10.2. The lowest BCUT2D eigenvalue weighted by Crippen LogP contribution is -3.00. The normalized spacial score (nSPS) is 9.56. The Labute approximate surface area is 113 Å². The average Bonchev–Trinajstić information content (AvgIpc) is 2.29. The van der Waals surface area contributed by atoms with Crippen molar-refractivity contribution in [1.29, 1.82) is 0 Å². The Morgan fingerprint density at radius 2 is 2.19 bits per heavy atom. The van der Waals surface area contributed by atoms with Crippen LogP contribution in [0.1, 0.15) is 0 Å². The summed E-state index contributed by atoms with van der Waals surface area (Å²) >= 11 is 0. The Balaban J connectivity index is 0.00000128. The maximum absolute atomic E-state index is 5.22. The molecule has 0 N–H and O–H groups in total. The van der Waals surface area contributed by atoms with E-state index in [1.165, 1.54) is 5.39 Å². The second-order valence-electron chi connectivity index (χ2n) is 3.37. The standard InChI is InChI=1S/C13H14NO.HI/c1-3-8-14-9-4-5-11-6-7-12(15-2)10-13(11)14;/h3-7,9-10H,1,8H2,2H3;1H/q+1;/p-1. The van der Waals surface area contributed by atoms with E-state index in [4.69, 9.17) is 4.74 Å². The maximum Gasteiger partial charge on any atom is 0.216 e. The van der Waals surface area contributed by atoms with Crippen LogP contribution in [0.3, 0.4) is 0 Å². The van der Waals surface area contributed by atoms with E-state index in [1.807, 2.05) is 30.5 Å². The zero-order chi connectivity index (χ0) is 10.7. The Hall–Kier alpha value is -1.10. The third-order valence-corrected chi connectivity index (χ3v) is 2.41. The first-order valence-electron chi connectivity index (χ1n) is 4.92. The number of ether oxygens (including phenoxy) is 1. The maximum atomic E-state index is 5.22. The van der Waals surface area contributed by atoms with Gasteiger partial charge >= 0.3 is 0 Å². The van der Waals surface area contributed by atoms with Crippen LogP contribution in [0.4, 0.5) is 0 Å². The molecule has 1 heterocycles. The lowest BCUT2D eigenvalue weighted by atomic mass is 10.2. The van der Waals surface area contributed by atoms with Crippen molar-refractivity contribution in [2.45, 2.75) is 6.54 Å². The van der Waals surface area contributed by atoms with Gasteiger partial charge in [-0.1, -0.05) is 6.58 Å². The van der Waals surface area contributed by atoms with Crippen molar-refractivity contribution >= 4 is 10.9 Å². The van der Waals surface area contributed by atoms with Crippen molar-refractivity contribution in [3.05, 3.63) is 49.2 Å². The van der Waals surface area contributed by atoms with Crippen molar-refractivity contribution in [2.75, 3.05) is 7.11 Å². The molecule has 2 rings (SSSR count). The topological polar surface area (TPSA) is 13.1 Å². The van der Waals surface area contributed by atoms with Crippen LogP contribution in [0.25, 0.3) is 10.9 Å². The molecule has 84 valence electrons. The van der Waals surface area contributed by atoms with Crippen LogP contribution >= 0.6 is 0 Å². The van der Waals surface area contributed by atoms with Gasteiger partial charge in [0.15, 0.2) is 12.7 Å². The first-order chi connectivity index (χ1) is 7.35. The minimum atomic E-state index is 0. The third-order valence-electron chi connectivity index (χ3n) is 2.41. The number of halogens is 1. The van der Waals surface area contributed by atoms with Crippen LogP contribution in [-0.4, -0.2) is 7.11 Å². The molecule has 0 aliphatic heterocycles. The molecule has 0 fully saturated rings. The van der Waals surface area contributed by atoms with Crippen LogP contribution in [0, 0.1) is 0 Å². The number of aromatic nitrogens is 1. The van der Waals surface area contributed by atoms with Gasteiger partial charge in [-0.05, 0) is 24.3 Å². The predicted octanol–water partition coefficient (Wildman–Crippen LogP) is -0.674. The smallest absolute Gasteiger partial charge is 0.216 e. The van der Waals surface area contributed by atoms with Crippen LogP contribution in [0.2, 0.25) is 0 Å². The lowest BCUT2D eigenvalue weighted by Gasteiger charge is -2.01. The van der Waals surface area contributed by atoms with Gasteiger partial charge in [0.1, 0.15) is 5.75 Å². The second kappa shape index (κ2) is 5.84. The Bertz CT molecular complexity index is 496. The first-order valence-corrected chi connectivity index (χ1v) is 4.92. The van der Waals surface area contributed by atoms with E-state index < -0.39 is 0 Å². The average molecular weight is 327 g/mol. The summed E-state index contributed by atoms with van der Waals surface area (Å²) in [7, 11) is 1.68. The van der Waals surface area contributed by atoms with E-state index in [0.717, 1.165) is 17.8 Å². The number of methoxy groups -OCH3 is 1. The SMILES string of the molecule is C=CC[n+]1cccc2ccc(OC)cc21.[I-]. The fraction of sp³-hybridized carbons (Fsp3) is 0.154. The van der Waals surface area contributed by atoms with E-state index >= 15 is 0 Å². The molecule has 0 spiro atoms. The molecule has 1 aromatic carbocycles. The molecule has 0 bridgehead atoms. The molecule has 16 heavy (non-hydrogen) atoms. The highest BCUT2D eigenvalue weighted by molar-refractivity contribution is 5.76. The number of nitrogens with zero attached hydrogens (tertiary/aromatic N) is 1. The Morgan fingerprint density at radius 1 is 1.38 bits per heavy atom. The fourth-order valence-electron chi connectivity index (χ4n) is 1.67. The number of hydrogen-bond acceptors (Lipinski definition) is 1. The molecule has 2 aromatic rings. The van der Waals surface area contributed by atoms with Crippen molar-refractivity contribution < 1.29 is 33.3 Å². The molecule has 3 heteroatoms. The van der Waals surface area contributed by atoms with Crippen LogP contribution in [0.5, 0.6) is 5.75 Å². The molecular formula is C13H14INO. The lowest BCUT2D eigenvalue weighted by molar-refractivity contribution is -0.660. The monoisotopic (exact) mass is 327 g/mol. The van der Waals surface area contributed by atoms with Crippen molar-refractivity contribution in [3.63, 3.8) is 0 Å². The summed E-state index contributed by atoms with van der Waals surface area (Å²) in [5.74, 6) is 0.881. The number of fused-ring (bicyclic) bond motifs is 1. The molecule has 0 saturated carbocycles. The number of allylic oxidation sites excluding steroid dienone is 1. The second-order valence-corrected chi connectivity index (χ2v) is 3.37. The molecule has 0 aliphatic carbocycles. The summed E-state index contributed by atoms with van der Waals surface area (Å²) in [6.07, 6.45) is 3.93. The van der Waals surface area contributed by atoms with E-state index in [1.54, 1.807) is 7.11 Å². The molecular weight excluding hydrogens is 313 g/mol. The highest BCUT2D eigenvalue weighted by Crippen LogP contribution is 2.17. The van der Waals surface area contributed by atoms with E-state index in [9.17, 15) is 0 Å². The van der Waals surface area contributed by atoms with Gasteiger partial charge in [-0.25, -0.2) is 0 Å². The largest absolute Gasteiger partial charge is 1.00 e. The molecule has 0 radical (unpaired) electrons. The van der Waals surface area contributed by atoms with Crippen LogP contribution in [-0.2, 0) is 6.54 Å². The number of hydrogen-bond donors (Lipinski definition) is 0. The zero-order valence-corrected chi connectivity index (χ0v) is 11.3. The van der Waals surface area contributed by atoms with Gasteiger partial charge in [0, 0.05) is 11.5 Å². The molecule has 0 aliphatic rings. The van der Waals surface area contributed by atoms with E-state index in [-0.39, 0.29) is 24.0 Å². The van der Waals surface area contributed by atoms with Gasteiger partial charge in [0.2, 0.25) is 5.52 Å². The van der Waals surface area contributed by atoms with Gasteiger partial charge in [-0.3, -0.25) is 0 Å². The predicted molar refractivity (Wildman–Crippen MR) is 60.9 cm³/mol. The summed E-state index contributed by atoms with van der Waals surface area (Å²) in [5, 5.41) is 1.21. The first kappa shape index (κ1) is 13.0. The van der Waals surface area contributed by atoms with E-state index in [0.29, 0.717) is 0 Å². The molecule has 2 nitrogen and oxygen atoms in total. The van der Waals surface area contributed by atoms with Gasteiger partial charge < -0.3 is 28.7 Å². The van der Waals surface area contributed by atoms with Crippen LogP contribution in [0.15, 0.2) is 49.2 Å². The van der Waals surface area contributed by atoms with Gasteiger partial charge in [0.05, 0.1) is 13.2 Å². The quantitative estimate of drug-likeness (QED) is 0.414. The fourth-order valence-corrected chi connectivity index (χ4v) is 1.67. The number of benzene rings is 1. The Kier molecular flexibility index (Phi) is 4.73. The minimum Gasteiger partial charge on any atom is -1.00 e. The Morgan fingerprint density at radius 3 is 2.88 bits per heavy atom. The highest BCUT2D eigenvalue weighted by Gasteiger charge is 2.07. The molecule has 1 aromatic heterocycles.